The SMILES string of the molecule is O=C(O)C(F)(F)F.O=S(=O)(C1CC1)N1CC[C@@H]2[C@@H]1CCN2CC1CC1. The Balaban J connectivity index is 0.000000225. The largest absolute Gasteiger partial charge is 0.490 e. The van der Waals surface area contributed by atoms with Crippen molar-refractivity contribution < 1.29 is 31.5 Å². The highest BCUT2D eigenvalue weighted by molar-refractivity contribution is 7.90. The fraction of sp³-hybridized carbons (Fsp3) is 0.933. The van der Waals surface area contributed by atoms with E-state index in [2.05, 4.69) is 4.90 Å². The molecular weight excluding hydrogens is 361 g/mol. The third-order valence-corrected chi connectivity index (χ3v) is 7.77. The predicted molar refractivity (Wildman–Crippen MR) is 83.4 cm³/mol. The Hall–Kier alpha value is -0.870. The summed E-state index contributed by atoms with van der Waals surface area (Å²) in [7, 11) is -2.95. The van der Waals surface area contributed by atoms with Gasteiger partial charge in [-0.3, -0.25) is 4.90 Å². The maximum absolute atomic E-state index is 12.4. The van der Waals surface area contributed by atoms with Crippen LogP contribution in [0.2, 0.25) is 0 Å². The number of alkyl halides is 3. The number of carboxylic acid groups (broad SMARTS) is 1. The molecule has 6 nitrogen and oxygen atoms in total. The molecule has 2 aliphatic carbocycles. The first-order valence-corrected chi connectivity index (χ1v) is 10.2. The van der Waals surface area contributed by atoms with Crippen molar-refractivity contribution in [1.29, 1.82) is 0 Å². The molecule has 144 valence electrons. The second-order valence-electron chi connectivity index (χ2n) is 7.31. The molecule has 0 aromatic carbocycles. The van der Waals surface area contributed by atoms with Gasteiger partial charge in [0.25, 0.3) is 0 Å². The number of rotatable bonds is 4. The second-order valence-corrected chi connectivity index (χ2v) is 9.47. The van der Waals surface area contributed by atoms with Crippen LogP contribution in [0, 0.1) is 5.92 Å². The number of halogens is 3. The number of aliphatic carboxylic acids is 1. The van der Waals surface area contributed by atoms with Crippen LogP contribution in [-0.4, -0.2) is 71.8 Å². The Morgan fingerprint density at radius 1 is 1.00 bits per heavy atom. The van der Waals surface area contributed by atoms with Gasteiger partial charge in [-0.2, -0.15) is 17.5 Å². The Bertz CT molecular complexity index is 617. The van der Waals surface area contributed by atoms with Crippen molar-refractivity contribution in [2.24, 2.45) is 5.92 Å². The molecule has 0 bridgehead atoms. The molecule has 0 spiro atoms. The van der Waals surface area contributed by atoms with Gasteiger partial charge in [-0.15, -0.1) is 0 Å². The molecule has 10 heteroatoms. The standard InChI is InChI=1S/C13H22N2O2S.C2HF3O2/c16-18(17,11-3-4-11)15-8-6-12-13(15)5-7-14(12)9-10-1-2-10;3-2(4,5)1(6)7/h10-13H,1-9H2;(H,6,7)/t12-,13+;/m1./s1. The lowest BCUT2D eigenvalue weighted by Gasteiger charge is -2.25. The number of carbonyl (C=O) groups is 1. The van der Waals surface area contributed by atoms with E-state index in [4.69, 9.17) is 9.90 Å². The summed E-state index contributed by atoms with van der Waals surface area (Å²) in [6.07, 6.45) is 1.59. The summed E-state index contributed by atoms with van der Waals surface area (Å²) in [6, 6.07) is 0.827. The molecule has 4 aliphatic rings. The lowest BCUT2D eigenvalue weighted by molar-refractivity contribution is -0.192. The molecule has 0 radical (unpaired) electrons. The van der Waals surface area contributed by atoms with E-state index in [0.717, 1.165) is 44.7 Å². The van der Waals surface area contributed by atoms with Crippen molar-refractivity contribution in [3.05, 3.63) is 0 Å². The highest BCUT2D eigenvalue weighted by Crippen LogP contribution is 2.41. The molecule has 4 rings (SSSR count). The quantitative estimate of drug-likeness (QED) is 0.798. The average molecular weight is 384 g/mol. The van der Waals surface area contributed by atoms with Gasteiger partial charge in [0.05, 0.1) is 5.25 Å². The minimum atomic E-state index is -5.08. The van der Waals surface area contributed by atoms with E-state index < -0.39 is 22.2 Å². The molecule has 1 N–H and O–H groups in total. The first kappa shape index (κ1) is 18.9. The molecule has 4 fully saturated rings. The summed E-state index contributed by atoms with van der Waals surface area (Å²) in [5, 5.41) is 7.09. The van der Waals surface area contributed by atoms with Gasteiger partial charge >= 0.3 is 12.1 Å². The van der Waals surface area contributed by atoms with E-state index >= 15 is 0 Å². The molecule has 0 amide bonds. The van der Waals surface area contributed by atoms with Gasteiger partial charge in [0, 0.05) is 31.7 Å². The average Bonchev–Trinajstić information content (AvgIpc) is 3.40. The van der Waals surface area contributed by atoms with Crippen LogP contribution in [0.3, 0.4) is 0 Å². The number of fused-ring (bicyclic) bond motifs is 1. The van der Waals surface area contributed by atoms with Gasteiger partial charge in [-0.05, 0) is 44.4 Å². The van der Waals surface area contributed by atoms with Crippen LogP contribution in [0.5, 0.6) is 0 Å². The Kier molecular flexibility index (Phi) is 5.06. The van der Waals surface area contributed by atoms with E-state index in [0.29, 0.717) is 12.1 Å². The lowest BCUT2D eigenvalue weighted by Crippen LogP contribution is -2.41. The fourth-order valence-corrected chi connectivity index (χ4v) is 5.87. The summed E-state index contributed by atoms with van der Waals surface area (Å²) in [6.45, 7) is 3.11. The smallest absolute Gasteiger partial charge is 0.475 e. The fourth-order valence-electron chi connectivity index (χ4n) is 3.77. The summed E-state index contributed by atoms with van der Waals surface area (Å²) in [5.41, 5.74) is 0. The van der Waals surface area contributed by atoms with E-state index in [9.17, 15) is 21.6 Å². The highest BCUT2D eigenvalue weighted by Gasteiger charge is 2.51. The zero-order valence-electron chi connectivity index (χ0n) is 13.8. The van der Waals surface area contributed by atoms with Crippen molar-refractivity contribution >= 4 is 16.0 Å². The van der Waals surface area contributed by atoms with Crippen molar-refractivity contribution in [1.82, 2.24) is 9.21 Å². The minimum Gasteiger partial charge on any atom is -0.475 e. The summed E-state index contributed by atoms with van der Waals surface area (Å²) in [5.74, 6) is -1.84. The predicted octanol–water partition coefficient (Wildman–Crippen LogP) is 1.67. The number of sulfonamides is 1. The van der Waals surface area contributed by atoms with E-state index in [-0.39, 0.29) is 5.25 Å². The second kappa shape index (κ2) is 6.70. The zero-order chi connectivity index (χ0) is 18.4. The molecular formula is C15H23F3N2O4S. The van der Waals surface area contributed by atoms with Crippen molar-refractivity contribution in [2.75, 3.05) is 19.6 Å². The van der Waals surface area contributed by atoms with Crippen LogP contribution >= 0.6 is 0 Å². The van der Waals surface area contributed by atoms with E-state index in [1.165, 1.54) is 19.4 Å². The number of carboxylic acids is 1. The number of likely N-dealkylation sites (tertiary alicyclic amines) is 1. The van der Waals surface area contributed by atoms with E-state index in [1.54, 1.807) is 0 Å². The minimum absolute atomic E-state index is 0.0336. The van der Waals surface area contributed by atoms with Gasteiger partial charge < -0.3 is 5.11 Å². The van der Waals surface area contributed by atoms with Crippen LogP contribution in [-0.2, 0) is 14.8 Å². The molecule has 0 aromatic heterocycles. The highest BCUT2D eigenvalue weighted by atomic mass is 32.2. The Labute approximate surface area is 145 Å². The third-order valence-electron chi connectivity index (χ3n) is 5.35. The van der Waals surface area contributed by atoms with Crippen molar-refractivity contribution in [2.45, 2.75) is 62.0 Å². The molecule has 25 heavy (non-hydrogen) atoms. The van der Waals surface area contributed by atoms with Crippen LogP contribution < -0.4 is 0 Å². The van der Waals surface area contributed by atoms with Gasteiger partial charge in [-0.1, -0.05) is 0 Å². The molecule has 2 aliphatic heterocycles. The normalized spacial score (nSPS) is 30.7. The van der Waals surface area contributed by atoms with Gasteiger partial charge in [-0.25, -0.2) is 13.2 Å². The van der Waals surface area contributed by atoms with Gasteiger partial charge in [0.1, 0.15) is 0 Å². The maximum Gasteiger partial charge on any atom is 0.490 e. The number of nitrogens with zero attached hydrogens (tertiary/aromatic N) is 2. The maximum atomic E-state index is 12.4. The molecule has 2 heterocycles. The number of hydrogen-bond acceptors (Lipinski definition) is 4. The monoisotopic (exact) mass is 384 g/mol. The van der Waals surface area contributed by atoms with Crippen LogP contribution in [0.15, 0.2) is 0 Å². The molecule has 0 aromatic rings. The first-order chi connectivity index (χ1) is 11.6. The van der Waals surface area contributed by atoms with Gasteiger partial charge in [0.2, 0.25) is 10.0 Å². The first-order valence-electron chi connectivity index (χ1n) is 8.65. The Morgan fingerprint density at radius 2 is 1.56 bits per heavy atom. The summed E-state index contributed by atoms with van der Waals surface area (Å²) in [4.78, 5) is 11.5. The van der Waals surface area contributed by atoms with Crippen LogP contribution in [0.25, 0.3) is 0 Å². The topological polar surface area (TPSA) is 77.9 Å². The van der Waals surface area contributed by atoms with Crippen LogP contribution in [0.1, 0.15) is 38.5 Å². The lowest BCUT2D eigenvalue weighted by atomic mass is 10.1. The summed E-state index contributed by atoms with van der Waals surface area (Å²) >= 11 is 0. The summed E-state index contributed by atoms with van der Waals surface area (Å²) < 4.78 is 58.4. The van der Waals surface area contributed by atoms with Crippen molar-refractivity contribution in [3.63, 3.8) is 0 Å². The molecule has 2 saturated carbocycles. The zero-order valence-corrected chi connectivity index (χ0v) is 14.6. The molecule has 2 atom stereocenters. The molecule has 0 unspecified atom stereocenters. The third kappa shape index (κ3) is 4.28. The van der Waals surface area contributed by atoms with E-state index in [1.807, 2.05) is 4.31 Å². The number of hydrogen-bond donors (Lipinski definition) is 1. The van der Waals surface area contributed by atoms with Crippen molar-refractivity contribution in [3.8, 4) is 0 Å². The van der Waals surface area contributed by atoms with Crippen LogP contribution in [0.4, 0.5) is 13.2 Å². The molecule has 2 saturated heterocycles. The van der Waals surface area contributed by atoms with Gasteiger partial charge in [0.15, 0.2) is 0 Å². The Morgan fingerprint density at radius 3 is 2.04 bits per heavy atom.